The molecule has 1 aliphatic heterocycles. The normalized spacial score (nSPS) is 18.8. The minimum Gasteiger partial charge on any atom is -0.326 e. The smallest absolute Gasteiger partial charge is 0.250 e. The summed E-state index contributed by atoms with van der Waals surface area (Å²) in [6.07, 6.45) is 2.11. The summed E-state index contributed by atoms with van der Waals surface area (Å²) in [4.78, 5) is 2.28. The highest BCUT2D eigenvalue weighted by Gasteiger charge is 2.21. The van der Waals surface area contributed by atoms with Crippen LogP contribution >= 0.6 is 11.3 Å². The molecule has 1 fully saturated rings. The summed E-state index contributed by atoms with van der Waals surface area (Å²) in [5.74, 6) is 0.444. The van der Waals surface area contributed by atoms with Crippen LogP contribution < -0.4 is 10.5 Å². The van der Waals surface area contributed by atoms with E-state index in [-0.39, 0.29) is 0 Å². The van der Waals surface area contributed by atoms with Crippen LogP contribution in [-0.2, 0) is 16.6 Å². The third-order valence-corrected chi connectivity index (χ3v) is 6.44. The minimum absolute atomic E-state index is 0.362. The van der Waals surface area contributed by atoms with E-state index in [0.717, 1.165) is 31.5 Å². The Morgan fingerprint density at radius 1 is 1.47 bits per heavy atom. The summed E-state index contributed by atoms with van der Waals surface area (Å²) in [5.41, 5.74) is 6.36. The van der Waals surface area contributed by atoms with Gasteiger partial charge in [-0.1, -0.05) is 0 Å². The van der Waals surface area contributed by atoms with E-state index in [1.54, 1.807) is 11.4 Å². The lowest BCUT2D eigenvalue weighted by Crippen LogP contribution is -2.36. The fourth-order valence-corrected chi connectivity index (χ4v) is 4.55. The summed E-state index contributed by atoms with van der Waals surface area (Å²) >= 11 is 1.23. The molecule has 0 saturated carbocycles. The van der Waals surface area contributed by atoms with E-state index in [1.165, 1.54) is 11.3 Å². The molecule has 5 nitrogen and oxygen atoms in total. The molecule has 3 N–H and O–H groups in total. The number of thiophene rings is 1. The molecule has 1 aromatic heterocycles. The third kappa shape index (κ3) is 4.00. The highest BCUT2D eigenvalue weighted by Crippen LogP contribution is 2.21. The molecule has 1 aromatic rings. The zero-order chi connectivity index (χ0) is 13.9. The number of sulfonamides is 1. The molecule has 0 aliphatic carbocycles. The van der Waals surface area contributed by atoms with E-state index in [1.807, 2.05) is 0 Å². The molecule has 1 aliphatic rings. The van der Waals surface area contributed by atoms with E-state index in [2.05, 4.69) is 16.7 Å². The van der Waals surface area contributed by atoms with Crippen molar-refractivity contribution in [3.63, 3.8) is 0 Å². The Hall–Kier alpha value is -0.470. The van der Waals surface area contributed by atoms with Crippen LogP contribution in [-0.4, -0.2) is 40.0 Å². The van der Waals surface area contributed by atoms with Crippen LogP contribution in [0.4, 0.5) is 0 Å². The van der Waals surface area contributed by atoms with Gasteiger partial charge in [0.15, 0.2) is 0 Å². The standard InChI is InChI=1S/C12H21N3O2S2/c1-15-4-2-10(3-5-15)8-14-19(16,17)12-6-11(7-13)9-18-12/h6,9-10,14H,2-5,7-8,13H2,1H3. The van der Waals surface area contributed by atoms with Crippen LogP contribution in [0, 0.1) is 5.92 Å². The zero-order valence-electron chi connectivity index (χ0n) is 11.1. The number of hydrogen-bond donors (Lipinski definition) is 2. The molecule has 0 radical (unpaired) electrons. The zero-order valence-corrected chi connectivity index (χ0v) is 12.8. The third-order valence-electron chi connectivity index (χ3n) is 3.53. The number of piperidine rings is 1. The number of nitrogens with zero attached hydrogens (tertiary/aromatic N) is 1. The first-order valence-corrected chi connectivity index (χ1v) is 8.83. The summed E-state index contributed by atoms with van der Waals surface area (Å²) in [6.45, 7) is 3.00. The number of nitrogens with two attached hydrogens (primary N) is 1. The van der Waals surface area contributed by atoms with Crippen molar-refractivity contribution < 1.29 is 8.42 Å². The largest absolute Gasteiger partial charge is 0.326 e. The quantitative estimate of drug-likeness (QED) is 0.845. The molecule has 0 aromatic carbocycles. The van der Waals surface area contributed by atoms with Gasteiger partial charge in [-0.05, 0) is 55.9 Å². The van der Waals surface area contributed by atoms with Crippen molar-refractivity contribution in [2.45, 2.75) is 23.6 Å². The molecule has 0 amide bonds. The Kier molecular flexibility index (Phi) is 4.97. The van der Waals surface area contributed by atoms with Crippen molar-refractivity contribution >= 4 is 21.4 Å². The van der Waals surface area contributed by atoms with Gasteiger partial charge in [-0.2, -0.15) is 0 Å². The summed E-state index contributed by atoms with van der Waals surface area (Å²) in [6, 6.07) is 1.65. The Morgan fingerprint density at radius 3 is 2.74 bits per heavy atom. The molecular formula is C12H21N3O2S2. The Labute approximate surface area is 118 Å². The van der Waals surface area contributed by atoms with Crippen LogP contribution in [0.1, 0.15) is 18.4 Å². The number of hydrogen-bond acceptors (Lipinski definition) is 5. The Bertz CT molecular complexity index is 505. The van der Waals surface area contributed by atoms with Crippen molar-refractivity contribution in [3.05, 3.63) is 17.0 Å². The molecule has 2 heterocycles. The average molecular weight is 303 g/mol. The van der Waals surface area contributed by atoms with Crippen LogP contribution in [0.15, 0.2) is 15.7 Å². The van der Waals surface area contributed by atoms with E-state index in [9.17, 15) is 8.42 Å². The van der Waals surface area contributed by atoms with Gasteiger partial charge in [0, 0.05) is 13.1 Å². The van der Waals surface area contributed by atoms with E-state index >= 15 is 0 Å². The van der Waals surface area contributed by atoms with Crippen LogP contribution in [0.5, 0.6) is 0 Å². The molecule has 108 valence electrons. The second-order valence-corrected chi connectivity index (χ2v) is 7.98. The molecule has 0 unspecified atom stereocenters. The van der Waals surface area contributed by atoms with Gasteiger partial charge in [-0.15, -0.1) is 11.3 Å². The molecule has 2 rings (SSSR count). The van der Waals surface area contributed by atoms with Crippen molar-refractivity contribution in [2.75, 3.05) is 26.7 Å². The van der Waals surface area contributed by atoms with Gasteiger partial charge in [0.25, 0.3) is 0 Å². The second kappa shape index (κ2) is 6.32. The predicted octanol–water partition coefficient (Wildman–Crippen LogP) is 0.827. The highest BCUT2D eigenvalue weighted by molar-refractivity contribution is 7.91. The van der Waals surface area contributed by atoms with E-state index in [0.29, 0.717) is 23.2 Å². The van der Waals surface area contributed by atoms with Gasteiger partial charge >= 0.3 is 0 Å². The molecule has 0 bridgehead atoms. The van der Waals surface area contributed by atoms with Crippen LogP contribution in [0.3, 0.4) is 0 Å². The van der Waals surface area contributed by atoms with Gasteiger partial charge in [0.1, 0.15) is 4.21 Å². The number of likely N-dealkylation sites (tertiary alicyclic amines) is 1. The SMILES string of the molecule is CN1CCC(CNS(=O)(=O)c2cc(CN)cs2)CC1. The maximum absolute atomic E-state index is 12.1. The van der Waals surface area contributed by atoms with Crippen LogP contribution in [0.2, 0.25) is 0 Å². The molecule has 1 saturated heterocycles. The second-order valence-electron chi connectivity index (χ2n) is 5.08. The van der Waals surface area contributed by atoms with Gasteiger partial charge in [0.2, 0.25) is 10.0 Å². The van der Waals surface area contributed by atoms with Crippen molar-refractivity contribution in [1.82, 2.24) is 9.62 Å². The summed E-state index contributed by atoms with van der Waals surface area (Å²) < 4.78 is 27.3. The molecule has 0 spiro atoms. The van der Waals surface area contributed by atoms with Crippen molar-refractivity contribution in [3.8, 4) is 0 Å². The lowest BCUT2D eigenvalue weighted by molar-refractivity contribution is 0.220. The predicted molar refractivity (Wildman–Crippen MR) is 77.6 cm³/mol. The maximum atomic E-state index is 12.1. The number of nitrogens with one attached hydrogen (secondary N) is 1. The molecule has 19 heavy (non-hydrogen) atoms. The van der Waals surface area contributed by atoms with Gasteiger partial charge in [-0.3, -0.25) is 0 Å². The first-order valence-electron chi connectivity index (χ1n) is 6.47. The molecule has 7 heteroatoms. The lowest BCUT2D eigenvalue weighted by Gasteiger charge is -2.28. The lowest BCUT2D eigenvalue weighted by atomic mass is 9.98. The van der Waals surface area contributed by atoms with Gasteiger partial charge in [-0.25, -0.2) is 13.1 Å². The highest BCUT2D eigenvalue weighted by atomic mass is 32.2. The topological polar surface area (TPSA) is 75.4 Å². The first kappa shape index (κ1) is 14.9. The van der Waals surface area contributed by atoms with Crippen LogP contribution in [0.25, 0.3) is 0 Å². The summed E-state index contributed by atoms with van der Waals surface area (Å²) in [5, 5.41) is 1.80. The average Bonchev–Trinajstić information content (AvgIpc) is 2.88. The maximum Gasteiger partial charge on any atom is 0.250 e. The van der Waals surface area contributed by atoms with E-state index < -0.39 is 10.0 Å². The Balaban J connectivity index is 1.90. The van der Waals surface area contributed by atoms with Gasteiger partial charge in [0.05, 0.1) is 0 Å². The van der Waals surface area contributed by atoms with Gasteiger partial charge < -0.3 is 10.6 Å². The first-order chi connectivity index (χ1) is 9.01. The summed E-state index contributed by atoms with van der Waals surface area (Å²) in [7, 11) is -1.27. The van der Waals surface area contributed by atoms with Crippen molar-refractivity contribution in [2.24, 2.45) is 11.7 Å². The fraction of sp³-hybridized carbons (Fsp3) is 0.667. The number of rotatable bonds is 5. The molecule has 0 atom stereocenters. The van der Waals surface area contributed by atoms with Crippen molar-refractivity contribution in [1.29, 1.82) is 0 Å². The Morgan fingerprint density at radius 2 is 2.16 bits per heavy atom. The minimum atomic E-state index is -3.36. The monoisotopic (exact) mass is 303 g/mol. The fourth-order valence-electron chi connectivity index (χ4n) is 2.17. The molecular weight excluding hydrogens is 282 g/mol. The van der Waals surface area contributed by atoms with E-state index in [4.69, 9.17) is 5.73 Å².